The molecule has 254 valence electrons. The van der Waals surface area contributed by atoms with Crippen LogP contribution < -0.4 is 9.13 Å². The average molecular weight is 677 g/mol. The number of aromatic nitrogens is 4. The molecule has 0 radical (unpaired) electrons. The number of para-hydroxylation sites is 4. The topological polar surface area (TPSA) is 17.6 Å². The molecular formula is C48H44N4+2. The van der Waals surface area contributed by atoms with Gasteiger partial charge < -0.3 is 0 Å². The van der Waals surface area contributed by atoms with Gasteiger partial charge in [-0.25, -0.2) is 18.3 Å². The molecule has 11 rings (SSSR count). The highest BCUT2D eigenvalue weighted by molar-refractivity contribution is 5.72. The molecule has 3 aliphatic carbocycles. The summed E-state index contributed by atoms with van der Waals surface area (Å²) in [6.45, 7) is 8.09. The normalized spacial score (nSPS) is 18.9. The van der Waals surface area contributed by atoms with Gasteiger partial charge in [0.15, 0.2) is 22.1 Å². The second-order valence-electron chi connectivity index (χ2n) is 15.2. The van der Waals surface area contributed by atoms with Crippen LogP contribution in [-0.2, 0) is 26.2 Å². The van der Waals surface area contributed by atoms with Gasteiger partial charge in [-0.3, -0.25) is 0 Å². The van der Waals surface area contributed by atoms with E-state index in [0.29, 0.717) is 23.7 Å². The molecule has 0 saturated heterocycles. The van der Waals surface area contributed by atoms with Crippen molar-refractivity contribution in [3.63, 3.8) is 0 Å². The number of hydrogen-bond donors (Lipinski definition) is 0. The van der Waals surface area contributed by atoms with Gasteiger partial charge in [0.2, 0.25) is 12.7 Å². The molecule has 4 heteroatoms. The molecule has 2 bridgehead atoms. The second-order valence-corrected chi connectivity index (χ2v) is 15.2. The maximum atomic E-state index is 2.57. The molecule has 6 aromatic carbocycles. The largest absolute Gasteiger partial charge is 0.245 e. The summed E-state index contributed by atoms with van der Waals surface area (Å²) >= 11 is 0. The van der Waals surface area contributed by atoms with Crippen LogP contribution in [-0.4, -0.2) is 9.13 Å². The Morgan fingerprint density at radius 3 is 1.17 bits per heavy atom. The van der Waals surface area contributed by atoms with E-state index in [0.717, 1.165) is 26.2 Å². The van der Waals surface area contributed by atoms with Crippen molar-refractivity contribution < 1.29 is 9.13 Å². The van der Waals surface area contributed by atoms with Crippen molar-refractivity contribution >= 4 is 22.1 Å². The molecule has 0 saturated carbocycles. The number of nitrogens with zero attached hydrogens (tertiary/aromatic N) is 4. The molecule has 52 heavy (non-hydrogen) atoms. The van der Waals surface area contributed by atoms with Crippen LogP contribution in [0.25, 0.3) is 22.1 Å². The zero-order chi connectivity index (χ0) is 34.8. The minimum absolute atomic E-state index is 0.328. The SMILES string of the molecule is Cc1ccccc1C[n+]1cn(CC2C3c4ccccc4C(c4ccccc43)C2Cn2c[n+](Cc3ccccc3C)c3ccccc32)c2ccccc21. The monoisotopic (exact) mass is 676 g/mol. The molecule has 0 fully saturated rings. The number of benzene rings is 6. The van der Waals surface area contributed by atoms with Gasteiger partial charge in [-0.15, -0.1) is 0 Å². The van der Waals surface area contributed by atoms with E-state index in [1.54, 1.807) is 0 Å². The van der Waals surface area contributed by atoms with Crippen molar-refractivity contribution in [3.05, 3.63) is 203 Å². The number of fused-ring (bicyclic) bond motifs is 3. The van der Waals surface area contributed by atoms with Crippen LogP contribution in [0.4, 0.5) is 0 Å². The van der Waals surface area contributed by atoms with E-state index < -0.39 is 0 Å². The highest BCUT2D eigenvalue weighted by Crippen LogP contribution is 2.59. The molecule has 2 heterocycles. The third-order valence-corrected chi connectivity index (χ3v) is 12.3. The molecule has 8 aromatic rings. The zero-order valence-corrected chi connectivity index (χ0v) is 29.9. The van der Waals surface area contributed by atoms with Gasteiger partial charge >= 0.3 is 0 Å². The van der Waals surface area contributed by atoms with Crippen molar-refractivity contribution in [1.29, 1.82) is 0 Å². The Balaban J connectivity index is 1.11. The molecule has 0 aliphatic heterocycles. The first kappa shape index (κ1) is 31.0. The van der Waals surface area contributed by atoms with Crippen LogP contribution in [0.3, 0.4) is 0 Å². The van der Waals surface area contributed by atoms with Gasteiger partial charge in [0.25, 0.3) is 0 Å². The van der Waals surface area contributed by atoms with Crippen molar-refractivity contribution in [2.45, 2.75) is 51.9 Å². The first-order chi connectivity index (χ1) is 25.6. The number of rotatable bonds is 8. The fourth-order valence-corrected chi connectivity index (χ4v) is 9.81. The van der Waals surface area contributed by atoms with E-state index in [2.05, 4.69) is 190 Å². The summed E-state index contributed by atoms with van der Waals surface area (Å²) < 4.78 is 10.1. The molecule has 2 unspecified atom stereocenters. The van der Waals surface area contributed by atoms with Crippen LogP contribution in [0.5, 0.6) is 0 Å². The third-order valence-electron chi connectivity index (χ3n) is 12.3. The Hall–Kier alpha value is -5.74. The Kier molecular flexibility index (Phi) is 7.45. The van der Waals surface area contributed by atoms with Crippen LogP contribution in [0, 0.1) is 25.7 Å². The van der Waals surface area contributed by atoms with Gasteiger partial charge in [0.05, 0.1) is 13.1 Å². The lowest BCUT2D eigenvalue weighted by molar-refractivity contribution is -0.663. The van der Waals surface area contributed by atoms with Gasteiger partial charge in [-0.2, -0.15) is 0 Å². The molecular weight excluding hydrogens is 633 g/mol. The van der Waals surface area contributed by atoms with E-state index in [1.807, 2.05) is 0 Å². The lowest BCUT2D eigenvalue weighted by Crippen LogP contribution is -2.44. The minimum Gasteiger partial charge on any atom is -0.230 e. The summed E-state index contributed by atoms with van der Waals surface area (Å²) in [6.07, 6.45) is 4.80. The fourth-order valence-electron chi connectivity index (χ4n) is 9.81. The molecule has 0 spiro atoms. The quantitative estimate of drug-likeness (QED) is 0.143. The summed E-state index contributed by atoms with van der Waals surface area (Å²) in [5.41, 5.74) is 16.7. The van der Waals surface area contributed by atoms with Crippen LogP contribution in [0.1, 0.15) is 56.3 Å². The molecule has 2 aromatic heterocycles. The van der Waals surface area contributed by atoms with Gasteiger partial charge in [-0.05, 0) is 82.6 Å². The highest BCUT2D eigenvalue weighted by Gasteiger charge is 2.51. The smallest absolute Gasteiger partial charge is 0.230 e. The van der Waals surface area contributed by atoms with E-state index in [-0.39, 0.29) is 0 Å². The average Bonchev–Trinajstić information content (AvgIpc) is 3.71. The first-order valence-electron chi connectivity index (χ1n) is 18.8. The van der Waals surface area contributed by atoms with Crippen LogP contribution in [0.2, 0.25) is 0 Å². The van der Waals surface area contributed by atoms with Gasteiger partial charge in [0, 0.05) is 23.7 Å². The zero-order valence-electron chi connectivity index (χ0n) is 29.9. The Labute approximate surface area is 305 Å². The number of hydrogen-bond acceptors (Lipinski definition) is 0. The standard InChI is InChI=1S/C48H44N4/c1-33-15-3-5-17-35(33)27-49-31-51(45-25-13-11-23-43(45)49)29-41-42(48-39-21-9-7-19-37(39)47(41)38-20-8-10-22-40(38)48)30-52-32-50(44-24-12-14-26-46(44)52)28-36-18-6-4-16-34(36)2/h3-26,31-32,41-42,47-48H,27-30H2,1-2H3/q+2. The number of aryl methyl sites for hydroxylation is 2. The lowest BCUT2D eigenvalue weighted by atomic mass is 9.54. The minimum atomic E-state index is 0.328. The third kappa shape index (κ3) is 5.04. The number of imidazole rings is 2. The van der Waals surface area contributed by atoms with Crippen molar-refractivity contribution in [2.24, 2.45) is 11.8 Å². The molecule has 0 amide bonds. The molecule has 0 N–H and O–H groups in total. The van der Waals surface area contributed by atoms with E-state index in [9.17, 15) is 0 Å². The summed E-state index contributed by atoms with van der Waals surface area (Å²) in [7, 11) is 0. The van der Waals surface area contributed by atoms with Crippen LogP contribution in [0.15, 0.2) is 158 Å². The Morgan fingerprint density at radius 2 is 0.769 bits per heavy atom. The van der Waals surface area contributed by atoms with Crippen molar-refractivity contribution in [3.8, 4) is 0 Å². The lowest BCUT2D eigenvalue weighted by Gasteiger charge is -2.49. The molecule has 4 nitrogen and oxygen atoms in total. The van der Waals surface area contributed by atoms with E-state index in [4.69, 9.17) is 0 Å². The maximum absolute atomic E-state index is 2.57. The summed E-state index contributed by atoms with van der Waals surface area (Å²) in [6, 6.07) is 54.2. The Morgan fingerprint density at radius 1 is 0.423 bits per heavy atom. The predicted molar refractivity (Wildman–Crippen MR) is 208 cm³/mol. The van der Waals surface area contributed by atoms with E-state index >= 15 is 0 Å². The highest BCUT2D eigenvalue weighted by atomic mass is 15.2. The summed E-state index contributed by atoms with van der Waals surface area (Å²) in [5, 5.41) is 0. The second kappa shape index (κ2) is 12.5. The molecule has 3 aliphatic rings. The van der Waals surface area contributed by atoms with Crippen molar-refractivity contribution in [1.82, 2.24) is 9.13 Å². The van der Waals surface area contributed by atoms with Crippen LogP contribution >= 0.6 is 0 Å². The summed E-state index contributed by atoms with van der Waals surface area (Å²) in [4.78, 5) is 0. The Bertz CT molecular complexity index is 2380. The molecule has 2 atom stereocenters. The first-order valence-corrected chi connectivity index (χ1v) is 18.8. The predicted octanol–water partition coefficient (Wildman–Crippen LogP) is 9.11. The van der Waals surface area contributed by atoms with Crippen molar-refractivity contribution in [2.75, 3.05) is 0 Å². The van der Waals surface area contributed by atoms with Gasteiger partial charge in [0.1, 0.15) is 13.1 Å². The fraction of sp³-hybridized carbons (Fsp3) is 0.208. The maximum Gasteiger partial charge on any atom is 0.245 e. The van der Waals surface area contributed by atoms with Gasteiger partial charge in [-0.1, -0.05) is 121 Å². The van der Waals surface area contributed by atoms with E-state index in [1.165, 1.54) is 66.6 Å². The summed E-state index contributed by atoms with van der Waals surface area (Å²) in [5.74, 6) is 1.47.